The zero-order valence-electron chi connectivity index (χ0n) is 16.9. The van der Waals surface area contributed by atoms with Crippen molar-refractivity contribution in [2.75, 3.05) is 31.1 Å². The Bertz CT molecular complexity index is 1040. The van der Waals surface area contributed by atoms with Crippen molar-refractivity contribution in [1.82, 2.24) is 9.88 Å². The zero-order chi connectivity index (χ0) is 20.5. The summed E-state index contributed by atoms with van der Waals surface area (Å²) in [5, 5.41) is 1.19. The number of amides is 1. The molecular weight excluding hydrogens is 394 g/mol. The molecule has 30 heavy (non-hydrogen) atoms. The number of likely N-dealkylation sites (tertiary alicyclic amines) is 1. The second kappa shape index (κ2) is 8.28. The number of aromatic nitrogens is 1. The van der Waals surface area contributed by atoms with Gasteiger partial charge in [-0.05, 0) is 62.2 Å². The quantitative estimate of drug-likeness (QED) is 0.572. The van der Waals surface area contributed by atoms with Crippen molar-refractivity contribution in [2.45, 2.75) is 31.6 Å². The molecule has 0 saturated carbocycles. The van der Waals surface area contributed by atoms with Gasteiger partial charge < -0.3 is 4.90 Å². The molecule has 6 heteroatoms. The highest BCUT2D eigenvalue weighted by Gasteiger charge is 2.26. The Morgan fingerprint density at radius 1 is 1.07 bits per heavy atom. The molecule has 5 nitrogen and oxygen atoms in total. The van der Waals surface area contributed by atoms with E-state index in [-0.39, 0.29) is 11.7 Å². The van der Waals surface area contributed by atoms with Crippen molar-refractivity contribution in [3.05, 3.63) is 59.1 Å². The van der Waals surface area contributed by atoms with Gasteiger partial charge in [0.25, 0.3) is 0 Å². The van der Waals surface area contributed by atoms with Crippen LogP contribution in [0.5, 0.6) is 0 Å². The van der Waals surface area contributed by atoms with Crippen molar-refractivity contribution in [3.63, 3.8) is 0 Å². The van der Waals surface area contributed by atoms with Gasteiger partial charge in [-0.25, -0.2) is 4.98 Å². The predicted molar refractivity (Wildman–Crippen MR) is 120 cm³/mol. The Hall–Kier alpha value is -2.57. The molecule has 0 unspecified atom stereocenters. The zero-order valence-corrected chi connectivity index (χ0v) is 17.7. The van der Waals surface area contributed by atoms with Crippen LogP contribution in [0, 0.1) is 0 Å². The van der Waals surface area contributed by atoms with Crippen LogP contribution in [0.25, 0.3) is 10.2 Å². The fourth-order valence-electron chi connectivity index (χ4n) is 4.51. The number of nitrogens with zero attached hydrogens (tertiary/aromatic N) is 3. The van der Waals surface area contributed by atoms with Crippen LogP contribution in [-0.4, -0.2) is 47.8 Å². The van der Waals surface area contributed by atoms with Gasteiger partial charge in [-0.3, -0.25) is 14.5 Å². The fourth-order valence-corrected chi connectivity index (χ4v) is 5.60. The molecule has 2 saturated heterocycles. The maximum absolute atomic E-state index is 12.9. The lowest BCUT2D eigenvalue weighted by Crippen LogP contribution is -2.38. The SMILES string of the molecule is O=C(CN1CCC[C@H](c2nc3ccccc3s2)C1)c1ccc(N2CCCC2=O)cc1. The summed E-state index contributed by atoms with van der Waals surface area (Å²) < 4.78 is 1.23. The third kappa shape index (κ3) is 3.89. The maximum Gasteiger partial charge on any atom is 0.227 e. The molecule has 0 spiro atoms. The molecule has 0 aliphatic carbocycles. The summed E-state index contributed by atoms with van der Waals surface area (Å²) in [5.41, 5.74) is 2.68. The van der Waals surface area contributed by atoms with Crippen LogP contribution in [0.1, 0.15) is 47.0 Å². The summed E-state index contributed by atoms with van der Waals surface area (Å²) in [6.45, 7) is 3.04. The van der Waals surface area contributed by atoms with Crippen LogP contribution in [0.2, 0.25) is 0 Å². The normalized spacial score (nSPS) is 20.2. The number of rotatable bonds is 5. The third-order valence-electron chi connectivity index (χ3n) is 6.11. The third-order valence-corrected chi connectivity index (χ3v) is 7.31. The number of benzene rings is 2. The average molecular weight is 420 g/mol. The Morgan fingerprint density at radius 3 is 2.67 bits per heavy atom. The summed E-state index contributed by atoms with van der Waals surface area (Å²) in [4.78, 5) is 33.7. The number of Topliss-reactive ketones (excluding diaryl/α,β-unsaturated/α-hetero) is 1. The molecule has 0 N–H and O–H groups in total. The van der Waals surface area contributed by atoms with E-state index in [1.807, 2.05) is 35.2 Å². The number of carbonyl (C=O) groups excluding carboxylic acids is 2. The summed E-state index contributed by atoms with van der Waals surface area (Å²) in [6, 6.07) is 15.8. The van der Waals surface area contributed by atoms with Gasteiger partial charge >= 0.3 is 0 Å². The Kier molecular flexibility index (Phi) is 5.35. The molecule has 5 rings (SSSR count). The van der Waals surface area contributed by atoms with Gasteiger partial charge in [0, 0.05) is 36.7 Å². The second-order valence-electron chi connectivity index (χ2n) is 8.21. The number of carbonyl (C=O) groups is 2. The maximum atomic E-state index is 12.9. The van der Waals surface area contributed by atoms with E-state index in [0.29, 0.717) is 24.4 Å². The number of thiazole rings is 1. The first kappa shape index (κ1) is 19.4. The van der Waals surface area contributed by atoms with Gasteiger partial charge in [-0.15, -0.1) is 11.3 Å². The Balaban J connectivity index is 1.23. The smallest absolute Gasteiger partial charge is 0.227 e. The van der Waals surface area contributed by atoms with Gasteiger partial charge in [0.1, 0.15) is 0 Å². The minimum atomic E-state index is 0.138. The van der Waals surface area contributed by atoms with E-state index in [1.165, 1.54) is 9.71 Å². The van der Waals surface area contributed by atoms with Crippen LogP contribution in [0.15, 0.2) is 48.5 Å². The van der Waals surface area contributed by atoms with Gasteiger partial charge in [0.2, 0.25) is 5.91 Å². The number of piperidine rings is 1. The van der Waals surface area contributed by atoms with Crippen LogP contribution in [0.3, 0.4) is 0 Å². The minimum absolute atomic E-state index is 0.138. The van der Waals surface area contributed by atoms with E-state index in [2.05, 4.69) is 23.1 Å². The van der Waals surface area contributed by atoms with Crippen LogP contribution in [0.4, 0.5) is 5.69 Å². The number of para-hydroxylation sites is 1. The van der Waals surface area contributed by atoms with Crippen LogP contribution in [-0.2, 0) is 4.79 Å². The van der Waals surface area contributed by atoms with Gasteiger partial charge in [-0.1, -0.05) is 12.1 Å². The van der Waals surface area contributed by atoms with Gasteiger partial charge in [0.15, 0.2) is 5.78 Å². The first-order valence-corrected chi connectivity index (χ1v) is 11.5. The number of ketones is 1. The molecule has 2 fully saturated rings. The fraction of sp³-hybridized carbons (Fsp3) is 0.375. The molecule has 2 aromatic carbocycles. The molecule has 0 radical (unpaired) electrons. The average Bonchev–Trinajstić information content (AvgIpc) is 3.40. The lowest BCUT2D eigenvalue weighted by Gasteiger charge is -2.31. The molecule has 3 heterocycles. The summed E-state index contributed by atoms with van der Waals surface area (Å²) in [7, 11) is 0. The molecular formula is C24H25N3O2S. The number of fused-ring (bicyclic) bond motifs is 1. The highest BCUT2D eigenvalue weighted by molar-refractivity contribution is 7.18. The lowest BCUT2D eigenvalue weighted by atomic mass is 9.98. The predicted octanol–water partition coefficient (Wildman–Crippen LogP) is 4.49. The standard InChI is InChI=1S/C24H25N3O2S/c28-21(17-9-11-19(12-10-17)27-14-4-8-23(27)29)16-26-13-3-5-18(15-26)24-25-20-6-1-2-7-22(20)30-24/h1-2,6-7,9-12,18H,3-5,8,13-16H2/t18-/m0/s1. The second-order valence-corrected chi connectivity index (χ2v) is 9.28. The van der Waals surface area contributed by atoms with Crippen molar-refractivity contribution in [1.29, 1.82) is 0 Å². The van der Waals surface area contributed by atoms with Crippen LogP contribution >= 0.6 is 11.3 Å². The number of hydrogen-bond donors (Lipinski definition) is 0. The number of hydrogen-bond acceptors (Lipinski definition) is 5. The molecule has 0 bridgehead atoms. The molecule has 2 aliphatic heterocycles. The van der Waals surface area contributed by atoms with E-state index in [4.69, 9.17) is 4.98 Å². The minimum Gasteiger partial charge on any atom is -0.312 e. The van der Waals surface area contributed by atoms with E-state index >= 15 is 0 Å². The van der Waals surface area contributed by atoms with Crippen molar-refractivity contribution in [3.8, 4) is 0 Å². The van der Waals surface area contributed by atoms with Crippen molar-refractivity contribution in [2.24, 2.45) is 0 Å². The van der Waals surface area contributed by atoms with E-state index in [1.54, 1.807) is 11.3 Å². The molecule has 3 aromatic rings. The summed E-state index contributed by atoms with van der Waals surface area (Å²) in [5.74, 6) is 0.704. The Labute approximate surface area is 180 Å². The van der Waals surface area contributed by atoms with Gasteiger partial charge in [-0.2, -0.15) is 0 Å². The largest absolute Gasteiger partial charge is 0.312 e. The molecule has 1 aromatic heterocycles. The molecule has 1 amide bonds. The molecule has 1 atom stereocenters. The first-order chi connectivity index (χ1) is 14.7. The molecule has 2 aliphatic rings. The van der Waals surface area contributed by atoms with Crippen molar-refractivity contribution < 1.29 is 9.59 Å². The molecule has 154 valence electrons. The number of anilines is 1. The van der Waals surface area contributed by atoms with E-state index in [0.717, 1.165) is 50.1 Å². The summed E-state index contributed by atoms with van der Waals surface area (Å²) in [6.07, 6.45) is 3.74. The Morgan fingerprint density at radius 2 is 1.90 bits per heavy atom. The lowest BCUT2D eigenvalue weighted by molar-refractivity contribution is -0.117. The summed E-state index contributed by atoms with van der Waals surface area (Å²) >= 11 is 1.78. The monoisotopic (exact) mass is 419 g/mol. The van der Waals surface area contributed by atoms with Gasteiger partial charge in [0.05, 0.1) is 21.8 Å². The topological polar surface area (TPSA) is 53.5 Å². The van der Waals surface area contributed by atoms with Crippen LogP contribution < -0.4 is 4.90 Å². The highest BCUT2D eigenvalue weighted by Crippen LogP contribution is 2.33. The van der Waals surface area contributed by atoms with E-state index < -0.39 is 0 Å². The highest BCUT2D eigenvalue weighted by atomic mass is 32.1. The van der Waals surface area contributed by atoms with Crippen molar-refractivity contribution >= 4 is 38.9 Å². The van der Waals surface area contributed by atoms with E-state index in [9.17, 15) is 9.59 Å². The first-order valence-electron chi connectivity index (χ1n) is 10.7.